The first-order valence-corrected chi connectivity index (χ1v) is 6.05. The zero-order chi connectivity index (χ0) is 13.0. The van der Waals surface area contributed by atoms with E-state index < -0.39 is 0 Å². The van der Waals surface area contributed by atoms with Crippen molar-refractivity contribution in [2.75, 3.05) is 11.9 Å². The number of carbonyl (C=O) groups excluding carboxylic acids is 2. The lowest BCUT2D eigenvalue weighted by molar-refractivity contribution is -0.115. The normalized spacial score (nSPS) is 10.1. The maximum absolute atomic E-state index is 11.5. The van der Waals surface area contributed by atoms with Gasteiger partial charge in [-0.05, 0) is 13.0 Å². The lowest BCUT2D eigenvalue weighted by Crippen LogP contribution is -2.32. The molecule has 94 valence electrons. The van der Waals surface area contributed by atoms with Crippen LogP contribution in [0.2, 0.25) is 0 Å². The van der Waals surface area contributed by atoms with E-state index in [9.17, 15) is 9.59 Å². The molecule has 2 amide bonds. The van der Waals surface area contributed by atoms with E-state index in [1.165, 1.54) is 29.9 Å². The van der Waals surface area contributed by atoms with E-state index in [1.54, 1.807) is 0 Å². The van der Waals surface area contributed by atoms with Crippen LogP contribution >= 0.6 is 11.3 Å². The summed E-state index contributed by atoms with van der Waals surface area (Å²) in [4.78, 5) is 27.1. The number of nitrogens with one attached hydrogen (secondary N) is 2. The van der Waals surface area contributed by atoms with Crippen molar-refractivity contribution in [1.82, 2.24) is 10.3 Å². The largest absolute Gasteiger partial charge is 0.472 e. The SMILES string of the molecule is Cc1csc(NC(=O)CNC(=O)c2ccoc2)n1. The number of aryl methyl sites for hydroxylation is 1. The highest BCUT2D eigenvalue weighted by molar-refractivity contribution is 7.13. The second-order valence-electron chi connectivity index (χ2n) is 3.54. The summed E-state index contributed by atoms with van der Waals surface area (Å²) < 4.78 is 4.77. The minimum Gasteiger partial charge on any atom is -0.472 e. The van der Waals surface area contributed by atoms with E-state index in [0.717, 1.165) is 5.69 Å². The molecule has 0 spiro atoms. The van der Waals surface area contributed by atoms with Gasteiger partial charge in [0.1, 0.15) is 6.26 Å². The quantitative estimate of drug-likeness (QED) is 0.875. The average molecular weight is 265 g/mol. The number of amides is 2. The number of anilines is 1. The van der Waals surface area contributed by atoms with Crippen LogP contribution in [0.4, 0.5) is 5.13 Å². The molecule has 0 saturated carbocycles. The van der Waals surface area contributed by atoms with Crippen molar-refractivity contribution in [3.05, 3.63) is 35.2 Å². The van der Waals surface area contributed by atoms with Gasteiger partial charge in [0.15, 0.2) is 5.13 Å². The number of rotatable bonds is 4. The van der Waals surface area contributed by atoms with E-state index in [4.69, 9.17) is 4.42 Å². The van der Waals surface area contributed by atoms with Crippen LogP contribution in [0.3, 0.4) is 0 Å². The lowest BCUT2D eigenvalue weighted by atomic mass is 10.3. The van der Waals surface area contributed by atoms with Gasteiger partial charge in [-0.15, -0.1) is 11.3 Å². The molecule has 7 heteroatoms. The molecule has 0 saturated heterocycles. The Kier molecular flexibility index (Phi) is 3.73. The van der Waals surface area contributed by atoms with E-state index in [2.05, 4.69) is 15.6 Å². The lowest BCUT2D eigenvalue weighted by Gasteiger charge is -2.03. The average Bonchev–Trinajstić information content (AvgIpc) is 2.97. The minimum atomic E-state index is -0.353. The minimum absolute atomic E-state index is 0.108. The number of thiazole rings is 1. The summed E-state index contributed by atoms with van der Waals surface area (Å²) in [6.07, 6.45) is 2.71. The Morgan fingerprint density at radius 3 is 2.94 bits per heavy atom. The standard InChI is InChI=1S/C11H11N3O3S/c1-7-6-18-11(13-7)14-9(15)4-12-10(16)8-2-3-17-5-8/h2-3,5-6H,4H2,1H3,(H,12,16)(H,13,14,15). The fourth-order valence-electron chi connectivity index (χ4n) is 1.23. The van der Waals surface area contributed by atoms with Crippen LogP contribution in [0.5, 0.6) is 0 Å². The third-order valence-electron chi connectivity index (χ3n) is 2.06. The molecule has 18 heavy (non-hydrogen) atoms. The van der Waals surface area contributed by atoms with Gasteiger partial charge in [0.05, 0.1) is 24.1 Å². The molecule has 6 nitrogen and oxygen atoms in total. The Hall–Kier alpha value is -2.15. The fourth-order valence-corrected chi connectivity index (χ4v) is 1.94. The molecule has 0 unspecified atom stereocenters. The first-order chi connectivity index (χ1) is 8.65. The summed E-state index contributed by atoms with van der Waals surface area (Å²) in [6, 6.07) is 1.53. The summed E-state index contributed by atoms with van der Waals surface area (Å²) >= 11 is 1.34. The van der Waals surface area contributed by atoms with Crippen molar-refractivity contribution in [1.29, 1.82) is 0 Å². The van der Waals surface area contributed by atoms with Crippen LogP contribution in [0.1, 0.15) is 16.1 Å². The van der Waals surface area contributed by atoms with Crippen molar-refractivity contribution < 1.29 is 14.0 Å². The predicted octanol–water partition coefficient (Wildman–Crippen LogP) is 1.41. The zero-order valence-corrected chi connectivity index (χ0v) is 10.4. The number of hydrogen-bond acceptors (Lipinski definition) is 5. The monoisotopic (exact) mass is 265 g/mol. The molecule has 2 rings (SSSR count). The van der Waals surface area contributed by atoms with Gasteiger partial charge in [-0.1, -0.05) is 0 Å². The van der Waals surface area contributed by atoms with Crippen molar-refractivity contribution >= 4 is 28.3 Å². The fraction of sp³-hybridized carbons (Fsp3) is 0.182. The molecule has 0 aromatic carbocycles. The van der Waals surface area contributed by atoms with Crippen LogP contribution in [-0.4, -0.2) is 23.3 Å². The van der Waals surface area contributed by atoms with Crippen molar-refractivity contribution in [2.24, 2.45) is 0 Å². The smallest absolute Gasteiger partial charge is 0.254 e. The van der Waals surface area contributed by atoms with Crippen LogP contribution in [0.15, 0.2) is 28.4 Å². The summed E-state index contributed by atoms with van der Waals surface area (Å²) in [7, 11) is 0. The van der Waals surface area contributed by atoms with Crippen molar-refractivity contribution in [2.45, 2.75) is 6.92 Å². The molecule has 2 heterocycles. The molecule has 0 fully saturated rings. The highest BCUT2D eigenvalue weighted by Crippen LogP contribution is 2.13. The van der Waals surface area contributed by atoms with Crippen LogP contribution in [0, 0.1) is 6.92 Å². The number of furan rings is 1. The van der Waals surface area contributed by atoms with Gasteiger partial charge in [-0.25, -0.2) is 4.98 Å². The third-order valence-corrected chi connectivity index (χ3v) is 2.93. The third kappa shape index (κ3) is 3.17. The van der Waals surface area contributed by atoms with E-state index in [0.29, 0.717) is 10.7 Å². The first kappa shape index (κ1) is 12.3. The Balaban J connectivity index is 1.80. The van der Waals surface area contributed by atoms with Gasteiger partial charge < -0.3 is 15.1 Å². The van der Waals surface area contributed by atoms with Crippen molar-refractivity contribution in [3.63, 3.8) is 0 Å². The number of nitrogens with zero attached hydrogens (tertiary/aromatic N) is 1. The van der Waals surface area contributed by atoms with Crippen LogP contribution in [-0.2, 0) is 4.79 Å². The summed E-state index contributed by atoms with van der Waals surface area (Å²) in [5, 5.41) is 7.43. The maximum Gasteiger partial charge on any atom is 0.254 e. The molecule has 0 aliphatic carbocycles. The highest BCUT2D eigenvalue weighted by Gasteiger charge is 2.10. The molecular formula is C11H11N3O3S. The molecule has 2 aromatic heterocycles. The first-order valence-electron chi connectivity index (χ1n) is 5.17. The molecule has 0 aliphatic rings. The Bertz CT molecular complexity index is 548. The molecule has 0 atom stereocenters. The topological polar surface area (TPSA) is 84.2 Å². The second-order valence-corrected chi connectivity index (χ2v) is 4.40. The highest BCUT2D eigenvalue weighted by atomic mass is 32.1. The number of hydrogen-bond donors (Lipinski definition) is 2. The molecular weight excluding hydrogens is 254 g/mol. The van der Waals surface area contributed by atoms with Gasteiger partial charge in [-0.2, -0.15) is 0 Å². The summed E-state index contributed by atoms with van der Waals surface area (Å²) in [5.74, 6) is -0.671. The van der Waals surface area contributed by atoms with Gasteiger partial charge in [0.2, 0.25) is 5.91 Å². The second kappa shape index (κ2) is 5.46. The molecule has 2 N–H and O–H groups in total. The number of aromatic nitrogens is 1. The van der Waals surface area contributed by atoms with Gasteiger partial charge in [-0.3, -0.25) is 9.59 Å². The molecule has 0 bridgehead atoms. The summed E-state index contributed by atoms with van der Waals surface area (Å²) in [6.45, 7) is 1.73. The molecule has 0 radical (unpaired) electrons. The summed E-state index contributed by atoms with van der Waals surface area (Å²) in [5.41, 5.74) is 1.23. The molecule has 0 aliphatic heterocycles. The van der Waals surface area contributed by atoms with E-state index in [-0.39, 0.29) is 18.4 Å². The molecule has 2 aromatic rings. The predicted molar refractivity (Wildman–Crippen MR) is 66.5 cm³/mol. The Labute approximate surface area is 107 Å². The van der Waals surface area contributed by atoms with Crippen LogP contribution in [0.25, 0.3) is 0 Å². The Morgan fingerprint density at radius 2 is 2.33 bits per heavy atom. The van der Waals surface area contributed by atoms with E-state index in [1.807, 2.05) is 12.3 Å². The van der Waals surface area contributed by atoms with Gasteiger partial charge in [0.25, 0.3) is 5.91 Å². The zero-order valence-electron chi connectivity index (χ0n) is 9.60. The Morgan fingerprint density at radius 1 is 1.50 bits per heavy atom. The van der Waals surface area contributed by atoms with Crippen molar-refractivity contribution in [3.8, 4) is 0 Å². The maximum atomic E-state index is 11.5. The van der Waals surface area contributed by atoms with Crippen LogP contribution < -0.4 is 10.6 Å². The van der Waals surface area contributed by atoms with Gasteiger partial charge in [0, 0.05) is 5.38 Å². The van der Waals surface area contributed by atoms with Gasteiger partial charge >= 0.3 is 0 Å². The number of carbonyl (C=O) groups is 2. The van der Waals surface area contributed by atoms with E-state index >= 15 is 0 Å².